The molecule has 0 saturated heterocycles. The van der Waals surface area contributed by atoms with Gasteiger partial charge in [0.25, 0.3) is 0 Å². The molecular formula is C30H38O. The van der Waals surface area contributed by atoms with E-state index >= 15 is 0 Å². The van der Waals surface area contributed by atoms with Gasteiger partial charge in [0.2, 0.25) is 0 Å². The van der Waals surface area contributed by atoms with Crippen molar-refractivity contribution in [2.24, 2.45) is 0 Å². The predicted molar refractivity (Wildman–Crippen MR) is 135 cm³/mol. The van der Waals surface area contributed by atoms with Crippen LogP contribution >= 0.6 is 0 Å². The van der Waals surface area contributed by atoms with Gasteiger partial charge in [0.05, 0.1) is 0 Å². The van der Waals surface area contributed by atoms with Crippen LogP contribution in [0, 0.1) is 6.92 Å². The zero-order valence-corrected chi connectivity index (χ0v) is 19.9. The molecule has 31 heavy (non-hydrogen) atoms. The Labute approximate surface area is 189 Å². The molecule has 2 aromatic carbocycles. The van der Waals surface area contributed by atoms with Crippen LogP contribution in [0.25, 0.3) is 16.7 Å². The summed E-state index contributed by atoms with van der Waals surface area (Å²) in [6.07, 6.45) is 12.0. The van der Waals surface area contributed by atoms with E-state index in [1.807, 2.05) is 0 Å². The first-order valence-electron chi connectivity index (χ1n) is 12.0. The van der Waals surface area contributed by atoms with E-state index in [-0.39, 0.29) is 0 Å². The normalized spacial score (nSPS) is 13.5. The van der Waals surface area contributed by atoms with E-state index in [1.54, 1.807) is 0 Å². The number of Topliss-reactive ketones (excluding diaryl/α,β-unsaturated/α-hetero) is 1. The van der Waals surface area contributed by atoms with Crippen molar-refractivity contribution in [1.82, 2.24) is 0 Å². The van der Waals surface area contributed by atoms with Crippen molar-refractivity contribution >= 4 is 11.4 Å². The number of benzene rings is 2. The van der Waals surface area contributed by atoms with Crippen molar-refractivity contribution in [3.63, 3.8) is 0 Å². The summed E-state index contributed by atoms with van der Waals surface area (Å²) < 4.78 is 0. The molecule has 0 N–H and O–H groups in total. The quantitative estimate of drug-likeness (QED) is 0.281. The average Bonchev–Trinajstić information content (AvgIpc) is 3.12. The smallest absolute Gasteiger partial charge is 0.163 e. The Morgan fingerprint density at radius 2 is 1.84 bits per heavy atom. The Balaban J connectivity index is 2.02. The van der Waals surface area contributed by atoms with Crippen LogP contribution in [0.15, 0.2) is 48.6 Å². The summed E-state index contributed by atoms with van der Waals surface area (Å²) in [7, 11) is 0. The predicted octanol–water partition coefficient (Wildman–Crippen LogP) is 8.67. The lowest BCUT2D eigenvalue weighted by molar-refractivity contribution is 0.0994. The maximum Gasteiger partial charge on any atom is 0.163 e. The number of unbranched alkanes of at least 4 members (excludes halogenated alkanes) is 3. The lowest BCUT2D eigenvalue weighted by Gasteiger charge is -2.18. The number of carbonyl (C=O) groups is 1. The molecule has 2 aromatic rings. The van der Waals surface area contributed by atoms with Gasteiger partial charge in [0.15, 0.2) is 5.78 Å². The number of rotatable bonds is 10. The number of fused-ring (bicyclic) bond motifs is 1. The third-order valence-electron chi connectivity index (χ3n) is 6.59. The lowest BCUT2D eigenvalue weighted by atomic mass is 9.86. The molecule has 0 unspecified atom stereocenters. The van der Waals surface area contributed by atoms with Crippen LogP contribution in [0.1, 0.15) is 98.3 Å². The molecule has 0 aromatic heterocycles. The molecule has 1 aliphatic carbocycles. The van der Waals surface area contributed by atoms with Gasteiger partial charge in [-0.05, 0) is 97.9 Å². The minimum absolute atomic E-state index is 0.304. The minimum atomic E-state index is 0.304. The summed E-state index contributed by atoms with van der Waals surface area (Å²) in [5.41, 5.74) is 11.4. The third kappa shape index (κ3) is 5.64. The Morgan fingerprint density at radius 1 is 1.03 bits per heavy atom. The lowest BCUT2D eigenvalue weighted by Crippen LogP contribution is -2.00. The Kier molecular flexibility index (Phi) is 8.07. The molecule has 0 heterocycles. The molecule has 0 bridgehead atoms. The van der Waals surface area contributed by atoms with Crippen LogP contribution in [-0.2, 0) is 12.8 Å². The maximum atomic E-state index is 12.5. The van der Waals surface area contributed by atoms with Crippen molar-refractivity contribution in [3.05, 3.63) is 76.4 Å². The molecule has 0 saturated carbocycles. The van der Waals surface area contributed by atoms with E-state index in [9.17, 15) is 4.79 Å². The second-order valence-electron chi connectivity index (χ2n) is 9.27. The Hall–Kier alpha value is -2.41. The van der Waals surface area contributed by atoms with Crippen molar-refractivity contribution < 1.29 is 4.79 Å². The highest BCUT2D eigenvalue weighted by atomic mass is 16.1. The van der Waals surface area contributed by atoms with Gasteiger partial charge >= 0.3 is 0 Å². The molecule has 0 amide bonds. The van der Waals surface area contributed by atoms with Gasteiger partial charge in [-0.1, -0.05) is 62.1 Å². The van der Waals surface area contributed by atoms with Crippen molar-refractivity contribution in [1.29, 1.82) is 0 Å². The number of aryl methyl sites for hydroxylation is 2. The summed E-state index contributed by atoms with van der Waals surface area (Å²) in [4.78, 5) is 12.5. The van der Waals surface area contributed by atoms with Gasteiger partial charge < -0.3 is 0 Å². The van der Waals surface area contributed by atoms with Gasteiger partial charge in [-0.2, -0.15) is 0 Å². The Morgan fingerprint density at radius 3 is 2.58 bits per heavy atom. The molecule has 0 radical (unpaired) electrons. The van der Waals surface area contributed by atoms with Crippen molar-refractivity contribution in [2.75, 3.05) is 0 Å². The third-order valence-corrected chi connectivity index (χ3v) is 6.59. The first kappa shape index (κ1) is 23.3. The molecule has 1 heteroatoms. The van der Waals surface area contributed by atoms with Crippen LogP contribution in [0.3, 0.4) is 0 Å². The average molecular weight is 415 g/mol. The molecule has 0 fully saturated rings. The van der Waals surface area contributed by atoms with Crippen LogP contribution < -0.4 is 0 Å². The fourth-order valence-electron chi connectivity index (χ4n) is 4.67. The number of ketones is 1. The van der Waals surface area contributed by atoms with Gasteiger partial charge in [0, 0.05) is 12.0 Å². The highest BCUT2D eigenvalue weighted by Gasteiger charge is 2.25. The summed E-state index contributed by atoms with van der Waals surface area (Å²) in [6, 6.07) is 11.2. The zero-order valence-electron chi connectivity index (χ0n) is 19.9. The number of carbonyl (C=O) groups excluding carboxylic acids is 1. The van der Waals surface area contributed by atoms with E-state index in [2.05, 4.69) is 70.7 Å². The molecular weight excluding hydrogens is 376 g/mol. The number of allylic oxidation sites excluding steroid dienone is 3. The largest absolute Gasteiger partial charge is 0.294 e. The molecule has 0 spiro atoms. The highest BCUT2D eigenvalue weighted by molar-refractivity contribution is 6.03. The maximum absolute atomic E-state index is 12.5. The minimum Gasteiger partial charge on any atom is -0.294 e. The van der Waals surface area contributed by atoms with Crippen LogP contribution in [0.4, 0.5) is 0 Å². The topological polar surface area (TPSA) is 17.1 Å². The second kappa shape index (κ2) is 10.8. The van der Waals surface area contributed by atoms with Gasteiger partial charge in [0.1, 0.15) is 0 Å². The van der Waals surface area contributed by atoms with Gasteiger partial charge in [-0.15, -0.1) is 6.58 Å². The standard InChI is InChI=1S/C30H38O/c1-6-7-8-9-13-24-16-17-26-27(18-19-29(26)31)30(24)28-20-25(15-14-23(28)5)22(4)12-10-11-21(2)3/h12,14-17,20H,2,6-11,13,18-19H2,1,3-5H3/b22-12+. The van der Waals surface area contributed by atoms with E-state index in [0.29, 0.717) is 12.2 Å². The monoisotopic (exact) mass is 414 g/mol. The highest BCUT2D eigenvalue weighted by Crippen LogP contribution is 2.38. The molecule has 164 valence electrons. The molecule has 3 rings (SSSR count). The summed E-state index contributed by atoms with van der Waals surface area (Å²) >= 11 is 0. The van der Waals surface area contributed by atoms with E-state index in [0.717, 1.165) is 31.2 Å². The molecule has 0 atom stereocenters. The van der Waals surface area contributed by atoms with Crippen LogP contribution in [0.5, 0.6) is 0 Å². The van der Waals surface area contributed by atoms with Crippen molar-refractivity contribution in [3.8, 4) is 11.1 Å². The number of hydrogen-bond donors (Lipinski definition) is 0. The fraction of sp³-hybridized carbons (Fsp3) is 0.433. The molecule has 1 aliphatic rings. The molecule has 0 aliphatic heterocycles. The molecule has 1 nitrogen and oxygen atoms in total. The van der Waals surface area contributed by atoms with E-state index in [4.69, 9.17) is 0 Å². The fourth-order valence-corrected chi connectivity index (χ4v) is 4.67. The van der Waals surface area contributed by atoms with Gasteiger partial charge in [-0.25, -0.2) is 0 Å². The van der Waals surface area contributed by atoms with Crippen LogP contribution in [0.2, 0.25) is 0 Å². The van der Waals surface area contributed by atoms with E-state index in [1.165, 1.54) is 70.2 Å². The number of hydrogen-bond acceptors (Lipinski definition) is 1. The SMILES string of the molecule is C=C(C)CC/C=C(\C)c1ccc(C)c(-c2c(CCCCCC)ccc3c2CCC3=O)c1. The Bertz CT molecular complexity index is 990. The first-order chi connectivity index (χ1) is 14.9. The van der Waals surface area contributed by atoms with Crippen molar-refractivity contribution in [2.45, 2.75) is 85.5 Å². The van der Waals surface area contributed by atoms with E-state index < -0.39 is 0 Å². The van der Waals surface area contributed by atoms with Gasteiger partial charge in [-0.3, -0.25) is 4.79 Å². The first-order valence-corrected chi connectivity index (χ1v) is 12.0. The second-order valence-corrected chi connectivity index (χ2v) is 9.27. The summed E-state index contributed by atoms with van der Waals surface area (Å²) in [6.45, 7) is 12.8. The zero-order chi connectivity index (χ0) is 22.4. The van der Waals surface area contributed by atoms with Crippen LogP contribution in [-0.4, -0.2) is 5.78 Å². The summed E-state index contributed by atoms with van der Waals surface area (Å²) in [5.74, 6) is 0.304. The summed E-state index contributed by atoms with van der Waals surface area (Å²) in [5, 5.41) is 0.